The number of hydrogen-bond acceptors (Lipinski definition) is 4. The van der Waals surface area contributed by atoms with Crippen molar-refractivity contribution in [3.63, 3.8) is 0 Å². The van der Waals surface area contributed by atoms with Crippen LogP contribution in [0.15, 0.2) is 17.0 Å². The lowest BCUT2D eigenvalue weighted by molar-refractivity contribution is -0.173. The second-order valence-corrected chi connectivity index (χ2v) is 6.35. The summed E-state index contributed by atoms with van der Waals surface area (Å²) in [6.45, 7) is -0.535. The number of aryl methyl sites for hydroxylation is 1. The first-order valence-corrected chi connectivity index (χ1v) is 7.59. The molecule has 5 nitrogen and oxygen atoms in total. The minimum absolute atomic E-state index is 0.102. The predicted molar refractivity (Wildman–Crippen MR) is 72.7 cm³/mol. The van der Waals surface area contributed by atoms with E-state index in [1.54, 1.807) is 6.92 Å². The van der Waals surface area contributed by atoms with Gasteiger partial charge in [-0.2, -0.15) is 13.2 Å². The van der Waals surface area contributed by atoms with Crippen molar-refractivity contribution in [2.45, 2.75) is 18.0 Å². The Hall–Kier alpha value is -1.03. The van der Waals surface area contributed by atoms with Gasteiger partial charge in [0.2, 0.25) is 10.0 Å². The van der Waals surface area contributed by atoms with E-state index in [9.17, 15) is 21.6 Å². The van der Waals surface area contributed by atoms with Gasteiger partial charge in [0.15, 0.2) is 0 Å². The number of nitrogen functional groups attached to an aromatic ring is 1. The van der Waals surface area contributed by atoms with E-state index in [4.69, 9.17) is 17.3 Å². The van der Waals surface area contributed by atoms with Crippen LogP contribution in [0.5, 0.6) is 0 Å². The number of rotatable bonds is 6. The van der Waals surface area contributed by atoms with Crippen LogP contribution in [0.1, 0.15) is 5.56 Å². The first kappa shape index (κ1) is 18.0. The quantitative estimate of drug-likeness (QED) is 0.610. The van der Waals surface area contributed by atoms with E-state index in [1.807, 2.05) is 0 Å². The van der Waals surface area contributed by atoms with Crippen molar-refractivity contribution in [3.8, 4) is 0 Å². The molecule has 120 valence electrons. The van der Waals surface area contributed by atoms with Gasteiger partial charge >= 0.3 is 6.18 Å². The number of halogens is 4. The monoisotopic (exact) mass is 346 g/mol. The van der Waals surface area contributed by atoms with E-state index in [0.717, 1.165) is 0 Å². The Balaban J connectivity index is 2.62. The van der Waals surface area contributed by atoms with Gasteiger partial charge in [-0.25, -0.2) is 13.1 Å². The number of anilines is 1. The molecule has 1 aromatic carbocycles. The molecule has 0 bridgehead atoms. The molecule has 0 unspecified atom stereocenters. The van der Waals surface area contributed by atoms with E-state index in [1.165, 1.54) is 12.1 Å². The minimum atomic E-state index is -4.44. The lowest BCUT2D eigenvalue weighted by atomic mass is 10.2. The third-order valence-corrected chi connectivity index (χ3v) is 4.33. The van der Waals surface area contributed by atoms with Gasteiger partial charge in [-0.1, -0.05) is 11.6 Å². The van der Waals surface area contributed by atoms with E-state index >= 15 is 0 Å². The van der Waals surface area contributed by atoms with Crippen LogP contribution in [0.2, 0.25) is 5.02 Å². The van der Waals surface area contributed by atoms with Crippen molar-refractivity contribution < 1.29 is 26.3 Å². The summed E-state index contributed by atoms with van der Waals surface area (Å²) in [5.74, 6) is 0. The maximum atomic E-state index is 11.9. The van der Waals surface area contributed by atoms with Gasteiger partial charge in [-0.3, -0.25) is 0 Å². The molecule has 0 saturated carbocycles. The van der Waals surface area contributed by atoms with Crippen molar-refractivity contribution in [1.29, 1.82) is 0 Å². The Bertz CT molecular complexity index is 582. The second kappa shape index (κ2) is 6.82. The summed E-state index contributed by atoms with van der Waals surface area (Å²) >= 11 is 5.82. The van der Waals surface area contributed by atoms with Crippen LogP contribution in [0, 0.1) is 6.92 Å². The van der Waals surface area contributed by atoms with Crippen LogP contribution >= 0.6 is 11.6 Å². The zero-order valence-electron chi connectivity index (χ0n) is 11.0. The van der Waals surface area contributed by atoms with Crippen LogP contribution in [-0.4, -0.2) is 34.4 Å². The molecule has 3 N–H and O–H groups in total. The van der Waals surface area contributed by atoms with Gasteiger partial charge in [0.1, 0.15) is 6.61 Å². The van der Waals surface area contributed by atoms with Crippen molar-refractivity contribution in [2.75, 3.05) is 25.5 Å². The summed E-state index contributed by atoms with van der Waals surface area (Å²) < 4.78 is 65.7. The fraction of sp³-hybridized carbons (Fsp3) is 0.455. The predicted octanol–water partition coefficient (Wildman–Crippen LogP) is 2.09. The average molecular weight is 347 g/mol. The van der Waals surface area contributed by atoms with E-state index < -0.39 is 29.4 Å². The highest BCUT2D eigenvalue weighted by Crippen LogP contribution is 2.26. The molecule has 0 aromatic heterocycles. The van der Waals surface area contributed by atoms with Gasteiger partial charge in [0, 0.05) is 6.54 Å². The van der Waals surface area contributed by atoms with Crippen LogP contribution in [0.4, 0.5) is 18.9 Å². The normalized spacial score (nSPS) is 12.6. The van der Waals surface area contributed by atoms with E-state index in [0.29, 0.717) is 5.56 Å². The van der Waals surface area contributed by atoms with Crippen molar-refractivity contribution in [2.24, 2.45) is 0 Å². The first-order chi connectivity index (χ1) is 9.53. The van der Waals surface area contributed by atoms with Crippen molar-refractivity contribution in [3.05, 3.63) is 22.7 Å². The number of ether oxygens (including phenoxy) is 1. The zero-order chi connectivity index (χ0) is 16.3. The highest BCUT2D eigenvalue weighted by atomic mass is 35.5. The molecule has 0 amide bonds. The fourth-order valence-corrected chi connectivity index (χ4v) is 2.68. The van der Waals surface area contributed by atoms with Crippen LogP contribution in [0.25, 0.3) is 0 Å². The Labute approximate surface area is 125 Å². The SMILES string of the molecule is Cc1cc(S(=O)(=O)NCCOCC(F)(F)F)cc(N)c1Cl. The molecule has 0 heterocycles. The van der Waals surface area contributed by atoms with Gasteiger partial charge < -0.3 is 10.5 Å². The Morgan fingerprint density at radius 2 is 2.00 bits per heavy atom. The molecule has 0 aliphatic rings. The Kier molecular flexibility index (Phi) is 5.85. The van der Waals surface area contributed by atoms with Gasteiger partial charge in [0.25, 0.3) is 0 Å². The zero-order valence-corrected chi connectivity index (χ0v) is 12.6. The highest BCUT2D eigenvalue weighted by molar-refractivity contribution is 7.89. The minimum Gasteiger partial charge on any atom is -0.397 e. The molecule has 0 aliphatic carbocycles. The molecule has 0 radical (unpaired) electrons. The third kappa shape index (κ3) is 5.70. The third-order valence-electron chi connectivity index (χ3n) is 2.37. The van der Waals surface area contributed by atoms with E-state index in [-0.39, 0.29) is 22.2 Å². The highest BCUT2D eigenvalue weighted by Gasteiger charge is 2.27. The lowest BCUT2D eigenvalue weighted by Gasteiger charge is -2.11. The molecule has 21 heavy (non-hydrogen) atoms. The molecule has 10 heteroatoms. The summed E-state index contributed by atoms with van der Waals surface area (Å²) in [5.41, 5.74) is 6.15. The standard InChI is InChI=1S/C11H14ClF3N2O3S/c1-7-4-8(5-9(16)10(7)12)21(18,19)17-2-3-20-6-11(13,14)15/h4-5,17H,2-3,6,16H2,1H3. The molecule has 0 atom stereocenters. The van der Waals surface area contributed by atoms with Crippen molar-refractivity contribution >= 4 is 27.3 Å². The average Bonchev–Trinajstić information content (AvgIpc) is 2.33. The smallest absolute Gasteiger partial charge is 0.397 e. The lowest BCUT2D eigenvalue weighted by Crippen LogP contribution is -2.29. The maximum absolute atomic E-state index is 11.9. The molecule has 1 rings (SSSR count). The first-order valence-electron chi connectivity index (χ1n) is 5.73. The second-order valence-electron chi connectivity index (χ2n) is 4.21. The molecule has 1 aromatic rings. The van der Waals surface area contributed by atoms with Crippen LogP contribution < -0.4 is 10.5 Å². The largest absolute Gasteiger partial charge is 0.411 e. The maximum Gasteiger partial charge on any atom is 0.411 e. The number of hydrogen-bond donors (Lipinski definition) is 2. The van der Waals surface area contributed by atoms with Gasteiger partial charge in [-0.05, 0) is 24.6 Å². The topological polar surface area (TPSA) is 81.4 Å². The van der Waals surface area contributed by atoms with Gasteiger partial charge in [-0.15, -0.1) is 0 Å². The fourth-order valence-electron chi connectivity index (χ4n) is 1.44. The van der Waals surface area contributed by atoms with Gasteiger partial charge in [0.05, 0.1) is 22.2 Å². The molecule has 0 saturated heterocycles. The number of nitrogens with one attached hydrogen (secondary N) is 1. The molecule has 0 fully saturated rings. The number of nitrogens with two attached hydrogens (primary N) is 1. The summed E-state index contributed by atoms with van der Waals surface area (Å²) in [5, 5.41) is 0.252. The van der Waals surface area contributed by atoms with Crippen molar-refractivity contribution in [1.82, 2.24) is 4.72 Å². The molecular weight excluding hydrogens is 333 g/mol. The van der Waals surface area contributed by atoms with Crippen LogP contribution in [0.3, 0.4) is 0 Å². The van der Waals surface area contributed by atoms with Crippen LogP contribution in [-0.2, 0) is 14.8 Å². The molecule has 0 spiro atoms. The number of alkyl halides is 3. The summed E-state index contributed by atoms with van der Waals surface area (Å²) in [6, 6.07) is 2.49. The Morgan fingerprint density at radius 3 is 2.52 bits per heavy atom. The summed E-state index contributed by atoms with van der Waals surface area (Å²) in [4.78, 5) is -0.113. The Morgan fingerprint density at radius 1 is 1.38 bits per heavy atom. The number of benzene rings is 1. The summed E-state index contributed by atoms with van der Waals surface area (Å²) in [6.07, 6.45) is -4.44. The number of sulfonamides is 1. The molecule has 0 aliphatic heterocycles. The molecular formula is C11H14ClF3N2O3S. The summed E-state index contributed by atoms with van der Waals surface area (Å²) in [7, 11) is -3.89. The van der Waals surface area contributed by atoms with E-state index in [2.05, 4.69) is 9.46 Å².